The molecular weight excluding hydrogens is 375 g/mol. The summed E-state index contributed by atoms with van der Waals surface area (Å²) in [5.74, 6) is -0.131. The second-order valence-electron chi connectivity index (χ2n) is 6.99. The molecule has 0 radical (unpaired) electrons. The second-order valence-corrected chi connectivity index (χ2v) is 6.99. The Hall–Kier alpha value is -2.74. The van der Waals surface area contributed by atoms with Crippen molar-refractivity contribution < 1.29 is 19.0 Å². The second kappa shape index (κ2) is 10.7. The summed E-state index contributed by atoms with van der Waals surface area (Å²) in [5.41, 5.74) is 8.25. The lowest BCUT2D eigenvalue weighted by atomic mass is 10.0. The van der Waals surface area contributed by atoms with E-state index in [-0.39, 0.29) is 31.4 Å². The highest BCUT2D eigenvalue weighted by Gasteiger charge is 2.17. The number of hydrogen-bond acceptors (Lipinski definition) is 7. The van der Waals surface area contributed by atoms with Crippen LogP contribution < -0.4 is 11.1 Å². The first-order valence-electron chi connectivity index (χ1n) is 9.72. The maximum absolute atomic E-state index is 14.7. The van der Waals surface area contributed by atoms with Crippen molar-refractivity contribution in [2.45, 2.75) is 52.0 Å². The van der Waals surface area contributed by atoms with E-state index in [0.29, 0.717) is 29.1 Å². The molecule has 0 amide bonds. The molecule has 8 heteroatoms. The van der Waals surface area contributed by atoms with Crippen molar-refractivity contribution in [1.82, 2.24) is 9.97 Å². The number of methoxy groups -OCH3 is 1. The highest BCUT2D eigenvalue weighted by Crippen LogP contribution is 2.25. The molecular formula is C21H29FN4O3. The fourth-order valence-corrected chi connectivity index (χ4v) is 3.21. The van der Waals surface area contributed by atoms with Crippen molar-refractivity contribution >= 4 is 17.7 Å². The summed E-state index contributed by atoms with van der Waals surface area (Å²) < 4.78 is 19.3. The van der Waals surface area contributed by atoms with Gasteiger partial charge in [-0.1, -0.05) is 25.5 Å². The number of anilines is 2. The van der Waals surface area contributed by atoms with Crippen LogP contribution in [0.1, 0.15) is 48.6 Å². The molecule has 0 aliphatic heterocycles. The number of benzene rings is 1. The molecule has 0 bridgehead atoms. The van der Waals surface area contributed by atoms with Crippen molar-refractivity contribution in [3.05, 3.63) is 46.4 Å². The van der Waals surface area contributed by atoms with Crippen molar-refractivity contribution in [1.29, 1.82) is 0 Å². The van der Waals surface area contributed by atoms with Gasteiger partial charge in [-0.05, 0) is 37.0 Å². The first kappa shape index (κ1) is 22.5. The zero-order valence-corrected chi connectivity index (χ0v) is 17.2. The Balaban J connectivity index is 2.31. The number of ether oxygens (including phenoxy) is 1. The van der Waals surface area contributed by atoms with Crippen LogP contribution in [0.25, 0.3) is 0 Å². The van der Waals surface area contributed by atoms with Crippen LogP contribution in [0.3, 0.4) is 0 Å². The molecule has 29 heavy (non-hydrogen) atoms. The van der Waals surface area contributed by atoms with E-state index in [1.54, 1.807) is 12.1 Å². The van der Waals surface area contributed by atoms with Crippen LogP contribution in [-0.4, -0.2) is 40.8 Å². The minimum Gasteiger partial charge on any atom is -0.469 e. The molecule has 7 nitrogen and oxygen atoms in total. The average Bonchev–Trinajstić information content (AvgIpc) is 2.66. The molecule has 0 saturated heterocycles. The van der Waals surface area contributed by atoms with Gasteiger partial charge in [-0.25, -0.2) is 9.37 Å². The largest absolute Gasteiger partial charge is 0.469 e. The molecule has 0 aliphatic rings. The van der Waals surface area contributed by atoms with Crippen LogP contribution in [-0.2, 0) is 22.4 Å². The number of halogens is 1. The molecule has 0 aliphatic carbocycles. The van der Waals surface area contributed by atoms with Gasteiger partial charge in [0.05, 0.1) is 13.5 Å². The van der Waals surface area contributed by atoms with Gasteiger partial charge in [-0.2, -0.15) is 4.98 Å². The Kier molecular flexibility index (Phi) is 8.33. The number of nitrogen functional groups attached to an aromatic ring is 1. The Bertz CT molecular complexity index is 839. The van der Waals surface area contributed by atoms with Gasteiger partial charge in [0.15, 0.2) is 0 Å². The number of hydrogen-bond donors (Lipinski definition) is 3. The summed E-state index contributed by atoms with van der Waals surface area (Å²) in [5, 5.41) is 12.7. The summed E-state index contributed by atoms with van der Waals surface area (Å²) >= 11 is 0. The number of esters is 1. The van der Waals surface area contributed by atoms with Gasteiger partial charge in [0.2, 0.25) is 5.95 Å². The summed E-state index contributed by atoms with van der Waals surface area (Å²) in [6, 6.07) is 4.74. The van der Waals surface area contributed by atoms with Gasteiger partial charge in [-0.3, -0.25) is 4.79 Å². The number of carbonyl (C=O) groups excluding carboxylic acids is 1. The summed E-state index contributed by atoms with van der Waals surface area (Å²) in [6.07, 6.45) is 2.68. The standard InChI is InChI=1S/C21H29FN4O3/c1-4-5-16(8-9-27)25-20-17(13(2)24-21(23)26-20)12-15-7-6-14(10-18(15)22)11-19(28)29-3/h6-7,10,16,27H,4-5,8-9,11-12H2,1-3H3,(H3,23,24,25,26). The lowest BCUT2D eigenvalue weighted by Crippen LogP contribution is -2.23. The van der Waals surface area contributed by atoms with Gasteiger partial charge in [0.1, 0.15) is 11.6 Å². The summed E-state index contributed by atoms with van der Waals surface area (Å²) in [4.78, 5) is 19.9. The maximum Gasteiger partial charge on any atom is 0.309 e. The minimum absolute atomic E-state index is 0.0182. The number of nitrogens with one attached hydrogen (secondary N) is 1. The molecule has 2 rings (SSSR count). The normalized spacial score (nSPS) is 11.9. The Morgan fingerprint density at radius 3 is 2.72 bits per heavy atom. The number of aromatic nitrogens is 2. The Morgan fingerprint density at radius 2 is 2.10 bits per heavy atom. The first-order valence-corrected chi connectivity index (χ1v) is 9.72. The monoisotopic (exact) mass is 404 g/mol. The summed E-state index contributed by atoms with van der Waals surface area (Å²) in [6.45, 7) is 3.93. The van der Waals surface area contributed by atoms with Gasteiger partial charge < -0.3 is 20.9 Å². The first-order chi connectivity index (χ1) is 13.9. The lowest BCUT2D eigenvalue weighted by Gasteiger charge is -2.21. The Morgan fingerprint density at radius 1 is 1.34 bits per heavy atom. The molecule has 0 fully saturated rings. The van der Waals surface area contributed by atoms with Crippen LogP contribution in [0.4, 0.5) is 16.2 Å². The number of aryl methyl sites for hydroxylation is 1. The molecule has 1 aromatic carbocycles. The van der Waals surface area contributed by atoms with Gasteiger partial charge >= 0.3 is 5.97 Å². The fourth-order valence-electron chi connectivity index (χ4n) is 3.21. The number of rotatable bonds is 10. The number of aliphatic hydroxyl groups excluding tert-OH is 1. The van der Waals surface area contributed by atoms with Crippen LogP contribution >= 0.6 is 0 Å². The third-order valence-corrected chi connectivity index (χ3v) is 4.75. The van der Waals surface area contributed by atoms with E-state index in [1.807, 2.05) is 6.92 Å². The maximum atomic E-state index is 14.7. The van der Waals surface area contributed by atoms with E-state index in [0.717, 1.165) is 18.4 Å². The molecule has 4 N–H and O–H groups in total. The van der Waals surface area contributed by atoms with Crippen molar-refractivity contribution in [2.75, 3.05) is 24.8 Å². The summed E-state index contributed by atoms with van der Waals surface area (Å²) in [7, 11) is 1.30. The van der Waals surface area contributed by atoms with Crippen molar-refractivity contribution in [3.8, 4) is 0 Å². The van der Waals surface area contributed by atoms with Crippen molar-refractivity contribution in [3.63, 3.8) is 0 Å². The Labute approximate surface area is 170 Å². The van der Waals surface area contributed by atoms with E-state index in [4.69, 9.17) is 5.73 Å². The van der Waals surface area contributed by atoms with E-state index in [1.165, 1.54) is 13.2 Å². The van der Waals surface area contributed by atoms with Gasteiger partial charge in [0, 0.05) is 30.3 Å². The van der Waals surface area contributed by atoms with Crippen LogP contribution in [0, 0.1) is 12.7 Å². The zero-order valence-electron chi connectivity index (χ0n) is 17.2. The number of nitrogens with two attached hydrogens (primary N) is 1. The predicted octanol–water partition coefficient (Wildman–Crippen LogP) is 2.78. The molecule has 158 valence electrons. The average molecular weight is 404 g/mol. The van der Waals surface area contributed by atoms with Crippen LogP contribution in [0.15, 0.2) is 18.2 Å². The SMILES string of the molecule is CCCC(CCO)Nc1nc(N)nc(C)c1Cc1ccc(CC(=O)OC)cc1F. The minimum atomic E-state index is -0.419. The molecule has 0 spiro atoms. The molecule has 1 atom stereocenters. The molecule has 1 unspecified atom stereocenters. The van der Waals surface area contributed by atoms with Gasteiger partial charge in [-0.15, -0.1) is 0 Å². The number of carbonyl (C=O) groups is 1. The van der Waals surface area contributed by atoms with Crippen molar-refractivity contribution in [2.24, 2.45) is 0 Å². The van der Waals surface area contributed by atoms with E-state index >= 15 is 0 Å². The number of aliphatic hydroxyl groups is 1. The van der Waals surface area contributed by atoms with Crippen LogP contribution in [0.2, 0.25) is 0 Å². The highest BCUT2D eigenvalue weighted by molar-refractivity contribution is 5.72. The quantitative estimate of drug-likeness (QED) is 0.522. The third-order valence-electron chi connectivity index (χ3n) is 4.75. The number of nitrogens with zero attached hydrogens (tertiary/aromatic N) is 2. The molecule has 1 aromatic heterocycles. The fraction of sp³-hybridized carbons (Fsp3) is 0.476. The molecule has 0 saturated carbocycles. The van der Waals surface area contributed by atoms with Crippen LogP contribution in [0.5, 0.6) is 0 Å². The van der Waals surface area contributed by atoms with Gasteiger partial charge in [0.25, 0.3) is 0 Å². The van der Waals surface area contributed by atoms with E-state index in [9.17, 15) is 14.3 Å². The van der Waals surface area contributed by atoms with E-state index < -0.39 is 11.8 Å². The van der Waals surface area contributed by atoms with E-state index in [2.05, 4.69) is 26.9 Å². The molecule has 1 heterocycles. The molecule has 2 aromatic rings. The highest BCUT2D eigenvalue weighted by atomic mass is 19.1. The topological polar surface area (TPSA) is 110 Å². The predicted molar refractivity (Wildman–Crippen MR) is 110 cm³/mol. The smallest absolute Gasteiger partial charge is 0.309 e. The zero-order chi connectivity index (χ0) is 21.4. The third kappa shape index (κ3) is 6.39. The lowest BCUT2D eigenvalue weighted by molar-refractivity contribution is -0.139.